The lowest BCUT2D eigenvalue weighted by Gasteiger charge is -2.30. The maximum Gasteiger partial charge on any atom is 0.264 e. The number of fused-ring (bicyclic) bond motifs is 1. The molecule has 1 unspecified atom stereocenters. The maximum absolute atomic E-state index is 12.8. The molecule has 32 heavy (non-hydrogen) atoms. The minimum atomic E-state index is -3.54. The molecule has 1 amide bonds. The number of nitrogens with zero attached hydrogens (tertiary/aromatic N) is 5. The number of anilines is 1. The molecule has 0 saturated carbocycles. The van der Waals surface area contributed by atoms with Crippen molar-refractivity contribution in [2.75, 3.05) is 18.4 Å². The highest BCUT2D eigenvalue weighted by Gasteiger charge is 2.28. The topological polar surface area (TPSA) is 119 Å². The van der Waals surface area contributed by atoms with Crippen molar-refractivity contribution in [2.45, 2.75) is 37.6 Å². The van der Waals surface area contributed by atoms with E-state index in [4.69, 9.17) is 0 Å². The van der Waals surface area contributed by atoms with Gasteiger partial charge in [0.25, 0.3) is 5.56 Å². The van der Waals surface area contributed by atoms with E-state index in [0.717, 1.165) is 12.8 Å². The molecule has 0 spiro atoms. The van der Waals surface area contributed by atoms with E-state index in [9.17, 15) is 18.0 Å². The van der Waals surface area contributed by atoms with Gasteiger partial charge >= 0.3 is 0 Å². The zero-order valence-corrected chi connectivity index (χ0v) is 18.9. The molecule has 10 nitrogen and oxygen atoms in total. The van der Waals surface area contributed by atoms with Gasteiger partial charge in [0, 0.05) is 38.8 Å². The fourth-order valence-electron chi connectivity index (χ4n) is 3.90. The van der Waals surface area contributed by atoms with Gasteiger partial charge in [0.05, 0.1) is 17.4 Å². The van der Waals surface area contributed by atoms with Gasteiger partial charge in [-0.15, -0.1) is 0 Å². The molecular formula is C21H26N6O4S. The van der Waals surface area contributed by atoms with Crippen LogP contribution in [0.1, 0.15) is 26.2 Å². The smallest absolute Gasteiger partial charge is 0.264 e. The molecule has 3 heterocycles. The number of hydrogen-bond acceptors (Lipinski definition) is 6. The fourth-order valence-corrected chi connectivity index (χ4v) is 5.49. The lowest BCUT2D eigenvalue weighted by molar-refractivity contribution is -0.116. The monoisotopic (exact) mass is 458 g/mol. The van der Waals surface area contributed by atoms with Gasteiger partial charge in [0.1, 0.15) is 5.39 Å². The van der Waals surface area contributed by atoms with Crippen molar-refractivity contribution in [3.8, 4) is 0 Å². The van der Waals surface area contributed by atoms with Gasteiger partial charge in [-0.3, -0.25) is 18.8 Å². The first-order valence-corrected chi connectivity index (χ1v) is 12.0. The molecule has 1 fully saturated rings. The van der Waals surface area contributed by atoms with E-state index in [2.05, 4.69) is 22.3 Å². The second-order valence-electron chi connectivity index (χ2n) is 8.18. The minimum absolute atomic E-state index is 0.0685. The summed E-state index contributed by atoms with van der Waals surface area (Å²) in [6.07, 6.45) is 4.83. The summed E-state index contributed by atoms with van der Waals surface area (Å²) in [5, 5.41) is 7.16. The van der Waals surface area contributed by atoms with Crippen LogP contribution in [0.4, 0.5) is 5.69 Å². The molecule has 1 N–H and O–H groups in total. The van der Waals surface area contributed by atoms with E-state index < -0.39 is 10.0 Å². The minimum Gasteiger partial charge on any atom is -0.326 e. The molecule has 0 bridgehead atoms. The SMILES string of the molecule is CC1CCCN(S(=O)(=O)c2ccc(NC(=O)CCn3cnc4c(cnn4C)c3=O)cc2)C1. The molecule has 1 aromatic carbocycles. The molecule has 11 heteroatoms. The Balaban J connectivity index is 1.38. The number of aryl methyl sites for hydroxylation is 2. The molecular weight excluding hydrogens is 432 g/mol. The first kappa shape index (κ1) is 22.2. The average Bonchev–Trinajstić information content (AvgIpc) is 3.15. The van der Waals surface area contributed by atoms with Gasteiger partial charge in [-0.1, -0.05) is 6.92 Å². The Bertz CT molecular complexity index is 1300. The predicted octanol–water partition coefficient (Wildman–Crippen LogP) is 1.58. The van der Waals surface area contributed by atoms with Crippen LogP contribution in [0, 0.1) is 5.92 Å². The Morgan fingerprint density at radius 1 is 1.25 bits per heavy atom. The number of nitrogens with one attached hydrogen (secondary N) is 1. The summed E-state index contributed by atoms with van der Waals surface area (Å²) >= 11 is 0. The quantitative estimate of drug-likeness (QED) is 0.599. The van der Waals surface area contributed by atoms with Crippen LogP contribution >= 0.6 is 0 Å². The average molecular weight is 459 g/mol. The fraction of sp³-hybridized carbons (Fsp3) is 0.429. The van der Waals surface area contributed by atoms with E-state index >= 15 is 0 Å². The van der Waals surface area contributed by atoms with Crippen LogP contribution in [0.5, 0.6) is 0 Å². The largest absolute Gasteiger partial charge is 0.326 e. The van der Waals surface area contributed by atoms with Gasteiger partial charge in [0.2, 0.25) is 15.9 Å². The summed E-state index contributed by atoms with van der Waals surface area (Å²) in [5.41, 5.74) is 0.733. The zero-order chi connectivity index (χ0) is 22.9. The second-order valence-corrected chi connectivity index (χ2v) is 10.1. The van der Waals surface area contributed by atoms with Gasteiger partial charge in [-0.05, 0) is 43.0 Å². The number of hydrogen-bond donors (Lipinski definition) is 1. The number of rotatable bonds is 6. The summed E-state index contributed by atoms with van der Waals surface area (Å²) in [6.45, 7) is 3.28. The first-order chi connectivity index (χ1) is 15.3. The Labute approximate surface area is 185 Å². The van der Waals surface area contributed by atoms with Crippen molar-refractivity contribution >= 4 is 32.7 Å². The number of amides is 1. The van der Waals surface area contributed by atoms with Crippen molar-refractivity contribution in [2.24, 2.45) is 13.0 Å². The highest BCUT2D eigenvalue weighted by Crippen LogP contribution is 2.24. The Hall–Kier alpha value is -3.05. The normalized spacial score (nSPS) is 17.5. The lowest BCUT2D eigenvalue weighted by atomic mass is 10.0. The number of carbonyl (C=O) groups excluding carboxylic acids is 1. The number of piperidine rings is 1. The summed E-state index contributed by atoms with van der Waals surface area (Å²) < 4.78 is 30.1. The van der Waals surface area contributed by atoms with Crippen LogP contribution < -0.4 is 10.9 Å². The highest BCUT2D eigenvalue weighted by atomic mass is 32.2. The van der Waals surface area contributed by atoms with Gasteiger partial charge < -0.3 is 5.32 Å². The number of carbonyl (C=O) groups is 1. The Morgan fingerprint density at radius 2 is 2.00 bits per heavy atom. The predicted molar refractivity (Wildman–Crippen MR) is 120 cm³/mol. The number of aromatic nitrogens is 4. The number of benzene rings is 1. The molecule has 2 aromatic heterocycles. The molecule has 0 aliphatic carbocycles. The van der Waals surface area contributed by atoms with E-state index in [1.165, 1.54) is 38.2 Å². The second kappa shape index (κ2) is 8.83. The summed E-state index contributed by atoms with van der Waals surface area (Å²) in [5.74, 6) is 0.0577. The van der Waals surface area contributed by atoms with Crippen molar-refractivity contribution < 1.29 is 13.2 Å². The maximum atomic E-state index is 12.8. The van der Waals surface area contributed by atoms with Crippen molar-refractivity contribution in [1.82, 2.24) is 23.6 Å². The molecule has 1 aliphatic rings. The molecule has 170 valence electrons. The molecule has 1 saturated heterocycles. The van der Waals surface area contributed by atoms with Crippen molar-refractivity contribution in [3.63, 3.8) is 0 Å². The molecule has 1 atom stereocenters. The standard InChI is InChI=1S/C21H26N6O4S/c1-15-4-3-10-27(13-15)32(30,31)17-7-5-16(6-8-17)24-19(28)9-11-26-14-22-20-18(21(26)29)12-23-25(20)2/h5-8,12,14-15H,3-4,9-11,13H2,1-2H3,(H,24,28). The van der Waals surface area contributed by atoms with E-state index in [1.807, 2.05) is 0 Å². The highest BCUT2D eigenvalue weighted by molar-refractivity contribution is 7.89. The molecule has 4 rings (SSSR count). The first-order valence-electron chi connectivity index (χ1n) is 10.5. The third kappa shape index (κ3) is 4.44. The summed E-state index contributed by atoms with van der Waals surface area (Å²) in [7, 11) is -1.83. The van der Waals surface area contributed by atoms with Gasteiger partial charge in [-0.25, -0.2) is 13.4 Å². The molecule has 0 radical (unpaired) electrons. The Morgan fingerprint density at radius 3 is 2.72 bits per heavy atom. The van der Waals surface area contributed by atoms with Crippen molar-refractivity contribution in [1.29, 1.82) is 0 Å². The molecule has 1 aliphatic heterocycles. The van der Waals surface area contributed by atoms with E-state index in [0.29, 0.717) is 35.7 Å². The van der Waals surface area contributed by atoms with Crippen LogP contribution in [-0.2, 0) is 28.4 Å². The van der Waals surface area contributed by atoms with Crippen LogP contribution in [0.3, 0.4) is 0 Å². The third-order valence-corrected chi connectivity index (χ3v) is 7.57. The van der Waals surface area contributed by atoms with E-state index in [-0.39, 0.29) is 29.3 Å². The summed E-state index contributed by atoms with van der Waals surface area (Å²) in [4.78, 5) is 29.2. The van der Waals surface area contributed by atoms with Crippen LogP contribution in [0.2, 0.25) is 0 Å². The van der Waals surface area contributed by atoms with Crippen LogP contribution in [-0.4, -0.2) is 51.1 Å². The van der Waals surface area contributed by atoms with Gasteiger partial charge in [-0.2, -0.15) is 9.40 Å². The lowest BCUT2D eigenvalue weighted by Crippen LogP contribution is -2.39. The Kier molecular flexibility index (Phi) is 6.11. The zero-order valence-electron chi connectivity index (χ0n) is 18.1. The van der Waals surface area contributed by atoms with Crippen LogP contribution in [0.25, 0.3) is 11.0 Å². The third-order valence-electron chi connectivity index (χ3n) is 5.69. The summed E-state index contributed by atoms with van der Waals surface area (Å²) in [6, 6.07) is 6.17. The van der Waals surface area contributed by atoms with Crippen LogP contribution in [0.15, 0.2) is 46.5 Å². The van der Waals surface area contributed by atoms with Gasteiger partial charge in [0.15, 0.2) is 5.65 Å². The molecule has 3 aromatic rings. The number of sulfonamides is 1. The van der Waals surface area contributed by atoms with Crippen molar-refractivity contribution in [3.05, 3.63) is 47.1 Å². The van der Waals surface area contributed by atoms with E-state index in [1.54, 1.807) is 19.2 Å².